The first-order chi connectivity index (χ1) is 8.52. The maximum Gasteiger partial charge on any atom is 0.220 e. The molecule has 1 rings (SSSR count). The highest BCUT2D eigenvalue weighted by Gasteiger charge is 2.05. The van der Waals surface area contributed by atoms with Gasteiger partial charge in [-0.1, -0.05) is 6.07 Å². The van der Waals surface area contributed by atoms with Gasteiger partial charge in [0.1, 0.15) is 5.75 Å². The number of ether oxygens (including phenoxy) is 1. The molecular weight excluding hydrogens is 332 g/mol. The summed E-state index contributed by atoms with van der Waals surface area (Å²) in [6.45, 7) is 2.41. The normalized spacial score (nSPS) is 11.4. The van der Waals surface area contributed by atoms with Crippen molar-refractivity contribution < 1.29 is 9.53 Å². The molecule has 0 aliphatic heterocycles. The fourth-order valence-electron chi connectivity index (χ4n) is 1.47. The molecule has 4 nitrogen and oxygen atoms in total. The summed E-state index contributed by atoms with van der Waals surface area (Å²) in [5.41, 5.74) is 6.62. The summed E-state index contributed by atoms with van der Waals surface area (Å²) in [4.78, 5) is 11.5. The minimum atomic E-state index is 0. The van der Waals surface area contributed by atoms with Gasteiger partial charge >= 0.3 is 0 Å². The molecule has 1 amide bonds. The molecule has 1 aromatic rings. The van der Waals surface area contributed by atoms with Crippen LogP contribution in [0.15, 0.2) is 22.7 Å². The van der Waals surface area contributed by atoms with Gasteiger partial charge < -0.3 is 15.8 Å². The molecular formula is C13H20BrClN2O2. The highest BCUT2D eigenvalue weighted by Crippen LogP contribution is 2.25. The van der Waals surface area contributed by atoms with Gasteiger partial charge in [0.2, 0.25) is 5.91 Å². The fourth-order valence-corrected chi connectivity index (χ4v) is 2.06. The Kier molecular flexibility index (Phi) is 8.80. The summed E-state index contributed by atoms with van der Waals surface area (Å²) in [5.74, 6) is 0.807. The van der Waals surface area contributed by atoms with Crippen LogP contribution in [0.1, 0.15) is 25.3 Å². The lowest BCUT2D eigenvalue weighted by Crippen LogP contribution is -2.25. The molecule has 19 heavy (non-hydrogen) atoms. The lowest BCUT2D eigenvalue weighted by molar-refractivity contribution is -0.121. The Morgan fingerprint density at radius 1 is 1.53 bits per heavy atom. The van der Waals surface area contributed by atoms with Gasteiger partial charge in [0.15, 0.2) is 0 Å². The molecule has 6 heteroatoms. The van der Waals surface area contributed by atoms with Crippen molar-refractivity contribution in [3.63, 3.8) is 0 Å². The minimum Gasteiger partial charge on any atom is -0.496 e. The van der Waals surface area contributed by atoms with Gasteiger partial charge in [0.05, 0.1) is 11.6 Å². The molecule has 1 aromatic carbocycles. The average Bonchev–Trinajstić information content (AvgIpc) is 2.34. The van der Waals surface area contributed by atoms with Crippen LogP contribution in [0.3, 0.4) is 0 Å². The number of benzene rings is 1. The van der Waals surface area contributed by atoms with E-state index in [4.69, 9.17) is 10.5 Å². The van der Waals surface area contributed by atoms with Crippen LogP contribution in [-0.4, -0.2) is 19.1 Å². The third-order valence-corrected chi connectivity index (χ3v) is 3.15. The highest BCUT2D eigenvalue weighted by atomic mass is 79.9. The highest BCUT2D eigenvalue weighted by molar-refractivity contribution is 9.10. The number of halogens is 2. The quantitative estimate of drug-likeness (QED) is 0.828. The lowest BCUT2D eigenvalue weighted by atomic mass is 10.2. The predicted octanol–water partition coefficient (Wildman–Crippen LogP) is 2.62. The number of nitrogens with one attached hydrogen (secondary N) is 1. The Bertz CT molecular complexity index is 414. The van der Waals surface area contributed by atoms with E-state index in [1.165, 1.54) is 0 Å². The summed E-state index contributed by atoms with van der Waals surface area (Å²) in [6.07, 6.45) is 1.17. The Labute approximate surface area is 128 Å². The molecule has 108 valence electrons. The first kappa shape index (κ1) is 18.2. The number of methoxy groups -OCH3 is 1. The Morgan fingerprint density at radius 3 is 2.74 bits per heavy atom. The molecule has 0 spiro atoms. The molecule has 0 bridgehead atoms. The van der Waals surface area contributed by atoms with Crippen molar-refractivity contribution in [2.75, 3.05) is 7.11 Å². The van der Waals surface area contributed by atoms with E-state index in [-0.39, 0.29) is 24.4 Å². The summed E-state index contributed by atoms with van der Waals surface area (Å²) in [7, 11) is 1.62. The number of carbonyl (C=O) groups is 1. The zero-order valence-electron chi connectivity index (χ0n) is 11.1. The van der Waals surface area contributed by atoms with Crippen LogP contribution < -0.4 is 15.8 Å². The molecule has 0 fully saturated rings. The third-order valence-electron chi connectivity index (χ3n) is 2.53. The van der Waals surface area contributed by atoms with E-state index in [0.717, 1.165) is 15.8 Å². The van der Waals surface area contributed by atoms with Crippen LogP contribution in [0, 0.1) is 0 Å². The number of nitrogens with two attached hydrogens (primary N) is 1. The molecule has 3 N–H and O–H groups in total. The average molecular weight is 352 g/mol. The SMILES string of the molecule is COc1ccc(CNC(=O)CCC(C)N)cc1Br.Cl. The fraction of sp³-hybridized carbons (Fsp3) is 0.462. The molecule has 0 aliphatic rings. The minimum absolute atomic E-state index is 0. The maximum atomic E-state index is 11.5. The van der Waals surface area contributed by atoms with E-state index < -0.39 is 0 Å². The molecule has 0 heterocycles. The first-order valence-corrected chi connectivity index (χ1v) is 6.67. The molecule has 1 unspecified atom stereocenters. The van der Waals surface area contributed by atoms with Crippen molar-refractivity contribution in [3.05, 3.63) is 28.2 Å². The van der Waals surface area contributed by atoms with Crippen molar-refractivity contribution in [3.8, 4) is 5.75 Å². The van der Waals surface area contributed by atoms with Crippen molar-refractivity contribution in [2.24, 2.45) is 5.73 Å². The van der Waals surface area contributed by atoms with Gasteiger partial charge in [-0.3, -0.25) is 4.79 Å². The van der Waals surface area contributed by atoms with Crippen molar-refractivity contribution >= 4 is 34.2 Å². The molecule has 0 radical (unpaired) electrons. The van der Waals surface area contributed by atoms with Crippen LogP contribution in [0.5, 0.6) is 5.75 Å². The molecule has 0 aliphatic carbocycles. The van der Waals surface area contributed by atoms with Crippen LogP contribution >= 0.6 is 28.3 Å². The molecule has 0 saturated heterocycles. The van der Waals surface area contributed by atoms with Crippen molar-refractivity contribution in [1.82, 2.24) is 5.32 Å². The van der Waals surface area contributed by atoms with Gasteiger partial charge in [-0.2, -0.15) is 0 Å². The van der Waals surface area contributed by atoms with Gasteiger partial charge in [-0.05, 0) is 47.0 Å². The number of carbonyl (C=O) groups excluding carboxylic acids is 1. The summed E-state index contributed by atoms with van der Waals surface area (Å²) in [5, 5.41) is 2.86. The molecule has 0 saturated carbocycles. The van der Waals surface area contributed by atoms with Crippen LogP contribution in [-0.2, 0) is 11.3 Å². The number of amides is 1. The van der Waals surface area contributed by atoms with Gasteiger partial charge in [0.25, 0.3) is 0 Å². The lowest BCUT2D eigenvalue weighted by Gasteiger charge is -2.09. The predicted molar refractivity (Wildman–Crippen MR) is 82.7 cm³/mol. The van der Waals surface area contributed by atoms with E-state index in [2.05, 4.69) is 21.2 Å². The first-order valence-electron chi connectivity index (χ1n) is 5.87. The monoisotopic (exact) mass is 350 g/mol. The third kappa shape index (κ3) is 6.80. The number of hydrogen-bond acceptors (Lipinski definition) is 3. The summed E-state index contributed by atoms with van der Waals surface area (Å²) < 4.78 is 6.02. The van der Waals surface area contributed by atoms with Crippen LogP contribution in [0.25, 0.3) is 0 Å². The summed E-state index contributed by atoms with van der Waals surface area (Å²) in [6, 6.07) is 5.79. The zero-order chi connectivity index (χ0) is 13.5. The number of rotatable bonds is 6. The van der Waals surface area contributed by atoms with E-state index in [1.807, 2.05) is 25.1 Å². The second kappa shape index (κ2) is 9.18. The maximum absolute atomic E-state index is 11.5. The van der Waals surface area contributed by atoms with E-state index in [0.29, 0.717) is 19.4 Å². The topological polar surface area (TPSA) is 64.3 Å². The smallest absolute Gasteiger partial charge is 0.220 e. The Hall–Kier alpha value is -0.780. The second-order valence-electron chi connectivity index (χ2n) is 4.26. The number of hydrogen-bond donors (Lipinski definition) is 2. The van der Waals surface area contributed by atoms with E-state index in [1.54, 1.807) is 7.11 Å². The van der Waals surface area contributed by atoms with E-state index >= 15 is 0 Å². The van der Waals surface area contributed by atoms with Crippen LogP contribution in [0.2, 0.25) is 0 Å². The Morgan fingerprint density at radius 2 is 2.21 bits per heavy atom. The van der Waals surface area contributed by atoms with Gasteiger partial charge in [-0.15, -0.1) is 12.4 Å². The second-order valence-corrected chi connectivity index (χ2v) is 5.12. The summed E-state index contributed by atoms with van der Waals surface area (Å²) >= 11 is 3.41. The molecule has 1 atom stereocenters. The largest absolute Gasteiger partial charge is 0.496 e. The Balaban J connectivity index is 0.00000324. The van der Waals surface area contributed by atoms with Gasteiger partial charge in [-0.25, -0.2) is 0 Å². The van der Waals surface area contributed by atoms with Crippen LogP contribution in [0.4, 0.5) is 0 Å². The van der Waals surface area contributed by atoms with Crippen molar-refractivity contribution in [2.45, 2.75) is 32.4 Å². The molecule has 0 aromatic heterocycles. The van der Waals surface area contributed by atoms with Crippen molar-refractivity contribution in [1.29, 1.82) is 0 Å². The van der Waals surface area contributed by atoms with Gasteiger partial charge in [0, 0.05) is 19.0 Å². The zero-order valence-corrected chi connectivity index (χ0v) is 13.5. The van der Waals surface area contributed by atoms with E-state index in [9.17, 15) is 4.79 Å². The standard InChI is InChI=1S/C13H19BrN2O2.ClH/c1-9(15)3-6-13(17)16-8-10-4-5-12(18-2)11(14)7-10;/h4-5,7,9H,3,6,8,15H2,1-2H3,(H,16,17);1H.